The fraction of sp³-hybridized carbons (Fsp3) is 0.261. The molecular formula is C23H27N. The van der Waals surface area contributed by atoms with Gasteiger partial charge in [-0.2, -0.15) is 0 Å². The second kappa shape index (κ2) is 7.38. The second-order valence-corrected chi connectivity index (χ2v) is 6.44. The number of fused-ring (bicyclic) bond motifs is 1. The van der Waals surface area contributed by atoms with Gasteiger partial charge in [0, 0.05) is 5.69 Å². The molecule has 1 aromatic rings. The van der Waals surface area contributed by atoms with Crippen molar-refractivity contribution in [3.8, 4) is 0 Å². The number of hydrogen-bond acceptors (Lipinski definition) is 1. The Balaban J connectivity index is 2.43. The number of anilines is 1. The maximum atomic E-state index is 5.88. The molecule has 1 aliphatic rings. The summed E-state index contributed by atoms with van der Waals surface area (Å²) in [6.07, 6.45) is 7.50. The summed E-state index contributed by atoms with van der Waals surface area (Å²) in [4.78, 5) is 0. The van der Waals surface area contributed by atoms with Crippen molar-refractivity contribution >= 4 is 16.8 Å². The molecule has 0 saturated heterocycles. The van der Waals surface area contributed by atoms with Crippen LogP contribution in [-0.4, -0.2) is 0 Å². The van der Waals surface area contributed by atoms with Gasteiger partial charge in [-0.25, -0.2) is 0 Å². The summed E-state index contributed by atoms with van der Waals surface area (Å²) in [5, 5.41) is 0. The van der Waals surface area contributed by atoms with E-state index in [1.54, 1.807) is 0 Å². The summed E-state index contributed by atoms with van der Waals surface area (Å²) in [5.74, 6) is 0. The van der Waals surface area contributed by atoms with Crippen molar-refractivity contribution in [3.05, 3.63) is 82.2 Å². The summed E-state index contributed by atoms with van der Waals surface area (Å²) in [7, 11) is 0. The molecule has 0 bridgehead atoms. The molecule has 0 fully saturated rings. The molecule has 24 heavy (non-hydrogen) atoms. The van der Waals surface area contributed by atoms with Gasteiger partial charge in [0.25, 0.3) is 0 Å². The molecule has 0 unspecified atom stereocenters. The lowest BCUT2D eigenvalue weighted by atomic mass is 9.80. The number of rotatable bonds is 5. The molecule has 1 nitrogen and oxygen atoms in total. The van der Waals surface area contributed by atoms with Crippen LogP contribution in [0.4, 0.5) is 5.69 Å². The Kier molecular flexibility index (Phi) is 5.49. The van der Waals surface area contributed by atoms with Crippen LogP contribution < -0.4 is 5.73 Å². The summed E-state index contributed by atoms with van der Waals surface area (Å²) >= 11 is 0. The van der Waals surface area contributed by atoms with Gasteiger partial charge in [-0.1, -0.05) is 37.3 Å². The Morgan fingerprint density at radius 2 is 1.92 bits per heavy atom. The smallest absolute Gasteiger partial charge is 0.0320 e. The monoisotopic (exact) mass is 317 g/mol. The fourth-order valence-corrected chi connectivity index (χ4v) is 2.87. The first-order chi connectivity index (χ1) is 11.4. The molecule has 0 aromatic heterocycles. The largest absolute Gasteiger partial charge is 0.399 e. The van der Waals surface area contributed by atoms with Crippen molar-refractivity contribution in [3.63, 3.8) is 0 Å². The van der Waals surface area contributed by atoms with Crippen molar-refractivity contribution in [2.24, 2.45) is 0 Å². The molecule has 0 heterocycles. The molecule has 0 radical (unpaired) electrons. The molecule has 2 N–H and O–H groups in total. The maximum Gasteiger partial charge on any atom is 0.0320 e. The third-order valence-electron chi connectivity index (χ3n) is 4.74. The van der Waals surface area contributed by atoms with E-state index in [0.717, 1.165) is 12.1 Å². The van der Waals surface area contributed by atoms with Gasteiger partial charge >= 0.3 is 0 Å². The fourth-order valence-electron chi connectivity index (χ4n) is 2.87. The van der Waals surface area contributed by atoms with Gasteiger partial charge in [-0.05, 0) is 91.3 Å². The van der Waals surface area contributed by atoms with E-state index < -0.39 is 0 Å². The average Bonchev–Trinajstić information content (AvgIpc) is 2.58. The van der Waals surface area contributed by atoms with E-state index in [1.807, 2.05) is 12.1 Å². The zero-order valence-electron chi connectivity index (χ0n) is 15.5. The molecule has 1 aliphatic carbocycles. The molecule has 1 heteroatoms. The number of hydrogen-bond donors (Lipinski definition) is 1. The zero-order chi connectivity index (χ0) is 17.9. The van der Waals surface area contributed by atoms with Crippen LogP contribution in [0.5, 0.6) is 0 Å². The minimum Gasteiger partial charge on any atom is -0.399 e. The van der Waals surface area contributed by atoms with E-state index >= 15 is 0 Å². The molecule has 0 amide bonds. The van der Waals surface area contributed by atoms with Crippen molar-refractivity contribution in [2.75, 3.05) is 5.73 Å². The van der Waals surface area contributed by atoms with E-state index in [1.165, 1.54) is 44.6 Å². The number of nitrogen functional groups attached to an aromatic ring is 1. The third-order valence-corrected chi connectivity index (χ3v) is 4.74. The van der Waals surface area contributed by atoms with Crippen LogP contribution in [0.1, 0.15) is 52.2 Å². The van der Waals surface area contributed by atoms with Crippen molar-refractivity contribution in [1.82, 2.24) is 0 Å². The highest BCUT2D eigenvalue weighted by molar-refractivity contribution is 6.07. The highest BCUT2D eigenvalue weighted by Crippen LogP contribution is 2.42. The number of benzene rings is 1. The first-order valence-electron chi connectivity index (χ1n) is 8.42. The van der Waals surface area contributed by atoms with E-state index in [2.05, 4.69) is 71.2 Å². The highest BCUT2D eigenvalue weighted by atomic mass is 14.5. The van der Waals surface area contributed by atoms with Crippen LogP contribution >= 0.6 is 0 Å². The van der Waals surface area contributed by atoms with Gasteiger partial charge in [0.2, 0.25) is 0 Å². The summed E-state index contributed by atoms with van der Waals surface area (Å²) in [5.41, 5.74) is 19.8. The normalized spacial score (nSPS) is 15.4. The quantitative estimate of drug-likeness (QED) is 0.376. The Hall–Kier alpha value is -2.50. The molecule has 0 saturated carbocycles. The lowest BCUT2D eigenvalue weighted by Gasteiger charge is -2.25. The van der Waals surface area contributed by atoms with Gasteiger partial charge in [0.05, 0.1) is 0 Å². The first-order valence-corrected chi connectivity index (χ1v) is 8.42. The van der Waals surface area contributed by atoms with Crippen LogP contribution in [0, 0.1) is 0 Å². The van der Waals surface area contributed by atoms with E-state index in [-0.39, 0.29) is 0 Å². The summed E-state index contributed by atoms with van der Waals surface area (Å²) in [6, 6.07) is 6.14. The summed E-state index contributed by atoms with van der Waals surface area (Å²) < 4.78 is 0. The molecule has 0 aliphatic heterocycles. The van der Waals surface area contributed by atoms with E-state index in [9.17, 15) is 0 Å². The van der Waals surface area contributed by atoms with Crippen molar-refractivity contribution in [1.29, 1.82) is 0 Å². The van der Waals surface area contributed by atoms with Crippen LogP contribution in [0.25, 0.3) is 11.1 Å². The number of nitrogens with two attached hydrogens (primary N) is 1. The second-order valence-electron chi connectivity index (χ2n) is 6.44. The van der Waals surface area contributed by atoms with Crippen LogP contribution in [0.3, 0.4) is 0 Å². The lowest BCUT2D eigenvalue weighted by Crippen LogP contribution is -2.04. The minimum absolute atomic E-state index is 0.822. The SMILES string of the molecule is C=C=CC(/C=C(\C)CC)=C(C)/C(C)=C/C1=C(C)c2cc(N)ccc21. The number of allylic oxidation sites excluding steroid dienone is 9. The first kappa shape index (κ1) is 17.8. The standard InChI is InChI=1S/C23H27N/c1-7-9-19(12-15(3)8-2)17(5)16(4)13-22-18(6)23-14-20(24)10-11-21(22)23/h9-14H,1,8,24H2,2-6H3/b15-12+,16-13+,19-17-. The van der Waals surface area contributed by atoms with Gasteiger partial charge in [0.15, 0.2) is 0 Å². The van der Waals surface area contributed by atoms with Gasteiger partial charge in [0.1, 0.15) is 0 Å². The molecule has 2 rings (SSSR count). The van der Waals surface area contributed by atoms with Crippen molar-refractivity contribution < 1.29 is 0 Å². The van der Waals surface area contributed by atoms with Gasteiger partial charge in [-0.3, -0.25) is 0 Å². The lowest BCUT2D eigenvalue weighted by molar-refractivity contribution is 1.09. The van der Waals surface area contributed by atoms with Crippen LogP contribution in [0.15, 0.2) is 71.0 Å². The van der Waals surface area contributed by atoms with Crippen LogP contribution in [0.2, 0.25) is 0 Å². The zero-order valence-corrected chi connectivity index (χ0v) is 15.5. The molecule has 1 aromatic carbocycles. The Labute approximate surface area is 146 Å². The van der Waals surface area contributed by atoms with Gasteiger partial charge in [-0.15, -0.1) is 5.73 Å². The Bertz CT molecular complexity index is 835. The van der Waals surface area contributed by atoms with Crippen LogP contribution in [-0.2, 0) is 0 Å². The topological polar surface area (TPSA) is 26.0 Å². The Morgan fingerprint density at radius 1 is 1.21 bits per heavy atom. The average molecular weight is 317 g/mol. The minimum atomic E-state index is 0.822. The highest BCUT2D eigenvalue weighted by Gasteiger charge is 2.21. The molecular weight excluding hydrogens is 290 g/mol. The third kappa shape index (κ3) is 3.53. The van der Waals surface area contributed by atoms with Gasteiger partial charge < -0.3 is 5.73 Å². The predicted octanol–water partition coefficient (Wildman–Crippen LogP) is 6.47. The molecule has 124 valence electrons. The maximum absolute atomic E-state index is 5.88. The van der Waals surface area contributed by atoms with Crippen molar-refractivity contribution in [2.45, 2.75) is 41.0 Å². The Morgan fingerprint density at radius 3 is 2.54 bits per heavy atom. The predicted molar refractivity (Wildman–Crippen MR) is 108 cm³/mol. The summed E-state index contributed by atoms with van der Waals surface area (Å²) in [6.45, 7) is 14.5. The molecule has 0 atom stereocenters. The van der Waals surface area contributed by atoms with E-state index in [0.29, 0.717) is 0 Å². The molecule has 0 spiro atoms. The van der Waals surface area contributed by atoms with E-state index in [4.69, 9.17) is 5.73 Å².